The number of para-hydroxylation sites is 1. The number of nitrogens with one attached hydrogen (secondary N) is 1. The maximum atomic E-state index is 5.98. The molecule has 1 aromatic heterocycles. The molecule has 0 aliphatic rings. The fraction of sp³-hybridized carbons (Fsp3) is 0.130. The molecule has 0 bridgehead atoms. The number of fused-ring (bicyclic) bond motifs is 1. The van der Waals surface area contributed by atoms with Crippen LogP contribution in [0.15, 0.2) is 66.7 Å². The first-order valence-electron chi connectivity index (χ1n) is 9.15. The second kappa shape index (κ2) is 8.37. The molecule has 5 nitrogen and oxygen atoms in total. The van der Waals surface area contributed by atoms with Gasteiger partial charge in [-0.05, 0) is 48.0 Å². The van der Waals surface area contributed by atoms with Crippen molar-refractivity contribution in [2.24, 2.45) is 0 Å². The van der Waals surface area contributed by atoms with Crippen molar-refractivity contribution in [3.05, 3.63) is 77.3 Å². The van der Waals surface area contributed by atoms with Gasteiger partial charge in [0.05, 0.1) is 19.7 Å². The Morgan fingerprint density at radius 3 is 2.38 bits per heavy atom. The number of nitrogens with zero attached hydrogens (tertiary/aromatic N) is 2. The predicted octanol–water partition coefficient (Wildman–Crippen LogP) is 5.58. The number of anilines is 1. The molecule has 6 heteroatoms. The van der Waals surface area contributed by atoms with Crippen LogP contribution in [0.1, 0.15) is 5.56 Å². The summed E-state index contributed by atoms with van der Waals surface area (Å²) in [4.78, 5) is 9.53. The fourth-order valence-electron chi connectivity index (χ4n) is 3.10. The number of aromatic nitrogens is 2. The highest BCUT2D eigenvalue weighted by atomic mass is 35.5. The zero-order valence-corrected chi connectivity index (χ0v) is 16.9. The maximum absolute atomic E-state index is 5.98. The van der Waals surface area contributed by atoms with E-state index in [-0.39, 0.29) is 0 Å². The Balaban J connectivity index is 1.73. The Kier molecular flexibility index (Phi) is 5.49. The molecule has 4 rings (SSSR count). The third kappa shape index (κ3) is 4.10. The van der Waals surface area contributed by atoms with Crippen molar-refractivity contribution in [3.8, 4) is 22.9 Å². The fourth-order valence-corrected chi connectivity index (χ4v) is 3.23. The average molecular weight is 406 g/mol. The van der Waals surface area contributed by atoms with Crippen LogP contribution in [0.5, 0.6) is 11.5 Å². The van der Waals surface area contributed by atoms with E-state index >= 15 is 0 Å². The summed E-state index contributed by atoms with van der Waals surface area (Å²) < 4.78 is 10.8. The number of ether oxygens (including phenoxy) is 2. The summed E-state index contributed by atoms with van der Waals surface area (Å²) in [6.45, 7) is 0.629. The van der Waals surface area contributed by atoms with Crippen LogP contribution < -0.4 is 14.8 Å². The topological polar surface area (TPSA) is 56.3 Å². The molecule has 0 amide bonds. The highest BCUT2D eigenvalue weighted by Gasteiger charge is 2.12. The number of hydrogen-bond donors (Lipinski definition) is 1. The van der Waals surface area contributed by atoms with Gasteiger partial charge in [-0.25, -0.2) is 9.97 Å². The zero-order chi connectivity index (χ0) is 20.2. The summed E-state index contributed by atoms with van der Waals surface area (Å²) in [5.41, 5.74) is 2.83. The minimum absolute atomic E-state index is 0.614. The van der Waals surface area contributed by atoms with Crippen molar-refractivity contribution >= 4 is 28.3 Å². The molecular weight excluding hydrogens is 386 g/mol. The molecule has 0 saturated heterocycles. The lowest BCUT2D eigenvalue weighted by Crippen LogP contribution is -2.04. The monoisotopic (exact) mass is 405 g/mol. The van der Waals surface area contributed by atoms with Gasteiger partial charge in [0.15, 0.2) is 17.3 Å². The Bertz CT molecular complexity index is 1150. The van der Waals surface area contributed by atoms with Crippen LogP contribution in [0.25, 0.3) is 22.3 Å². The lowest BCUT2D eigenvalue weighted by atomic mass is 10.1. The molecule has 0 fully saturated rings. The highest BCUT2D eigenvalue weighted by molar-refractivity contribution is 6.30. The molecule has 146 valence electrons. The summed E-state index contributed by atoms with van der Waals surface area (Å²) in [6, 6.07) is 21.4. The molecule has 0 radical (unpaired) electrons. The smallest absolute Gasteiger partial charge is 0.162 e. The van der Waals surface area contributed by atoms with Crippen molar-refractivity contribution < 1.29 is 9.47 Å². The largest absolute Gasteiger partial charge is 0.493 e. The minimum Gasteiger partial charge on any atom is -0.493 e. The average Bonchev–Trinajstić information content (AvgIpc) is 2.77. The van der Waals surface area contributed by atoms with Crippen LogP contribution >= 0.6 is 11.6 Å². The van der Waals surface area contributed by atoms with Crippen LogP contribution in [0.4, 0.5) is 5.82 Å². The summed E-state index contributed by atoms with van der Waals surface area (Å²) in [6.07, 6.45) is 0. The minimum atomic E-state index is 0.614. The van der Waals surface area contributed by atoms with E-state index in [1.807, 2.05) is 66.7 Å². The van der Waals surface area contributed by atoms with Crippen LogP contribution in [0, 0.1) is 0 Å². The van der Waals surface area contributed by atoms with Gasteiger partial charge in [0, 0.05) is 22.5 Å². The van der Waals surface area contributed by atoms with Gasteiger partial charge in [0.25, 0.3) is 0 Å². The van der Waals surface area contributed by atoms with Gasteiger partial charge in [-0.15, -0.1) is 0 Å². The first kappa shape index (κ1) is 19.0. The number of benzene rings is 3. The van der Waals surface area contributed by atoms with E-state index in [4.69, 9.17) is 31.0 Å². The van der Waals surface area contributed by atoms with Crippen molar-refractivity contribution in [2.45, 2.75) is 6.54 Å². The van der Waals surface area contributed by atoms with Crippen LogP contribution in [0.3, 0.4) is 0 Å². The molecule has 1 heterocycles. The molecule has 4 aromatic rings. The van der Waals surface area contributed by atoms with Gasteiger partial charge in [0.2, 0.25) is 0 Å². The molecule has 29 heavy (non-hydrogen) atoms. The first-order valence-corrected chi connectivity index (χ1v) is 9.53. The predicted molar refractivity (Wildman–Crippen MR) is 117 cm³/mol. The number of hydrogen-bond acceptors (Lipinski definition) is 5. The van der Waals surface area contributed by atoms with E-state index in [0.29, 0.717) is 23.9 Å². The summed E-state index contributed by atoms with van der Waals surface area (Å²) in [7, 11) is 3.23. The molecular formula is C23H20ClN3O2. The Labute approximate surface area is 174 Å². The highest BCUT2D eigenvalue weighted by Crippen LogP contribution is 2.32. The molecule has 0 atom stereocenters. The number of methoxy groups -OCH3 is 2. The molecule has 1 N–H and O–H groups in total. The van der Waals surface area contributed by atoms with E-state index in [1.165, 1.54) is 0 Å². The summed E-state index contributed by atoms with van der Waals surface area (Å²) in [5.74, 6) is 2.69. The lowest BCUT2D eigenvalue weighted by Gasteiger charge is -2.13. The third-order valence-electron chi connectivity index (χ3n) is 4.62. The molecule has 0 aliphatic heterocycles. The standard InChI is InChI=1S/C23H20ClN3O2/c1-28-20-12-9-16(13-21(20)29-2)22-26-19-6-4-3-5-18(19)23(27-22)25-14-15-7-10-17(24)11-8-15/h3-13H,14H2,1-2H3,(H,25,26,27). The van der Waals surface area contributed by atoms with Crippen LogP contribution in [-0.2, 0) is 6.54 Å². The summed E-state index contributed by atoms with van der Waals surface area (Å²) in [5, 5.41) is 5.12. The quantitative estimate of drug-likeness (QED) is 0.453. The van der Waals surface area contributed by atoms with Gasteiger partial charge >= 0.3 is 0 Å². The number of rotatable bonds is 6. The maximum Gasteiger partial charge on any atom is 0.162 e. The van der Waals surface area contributed by atoms with Crippen molar-refractivity contribution in [1.82, 2.24) is 9.97 Å². The normalized spacial score (nSPS) is 10.7. The molecule has 0 saturated carbocycles. The van der Waals surface area contributed by atoms with Gasteiger partial charge < -0.3 is 14.8 Å². The van der Waals surface area contributed by atoms with Crippen LogP contribution in [-0.4, -0.2) is 24.2 Å². The van der Waals surface area contributed by atoms with Crippen molar-refractivity contribution in [1.29, 1.82) is 0 Å². The lowest BCUT2D eigenvalue weighted by molar-refractivity contribution is 0.355. The molecule has 3 aromatic carbocycles. The Morgan fingerprint density at radius 2 is 1.62 bits per heavy atom. The van der Waals surface area contributed by atoms with E-state index in [2.05, 4.69) is 5.32 Å². The zero-order valence-electron chi connectivity index (χ0n) is 16.1. The third-order valence-corrected chi connectivity index (χ3v) is 4.87. The van der Waals surface area contributed by atoms with E-state index in [9.17, 15) is 0 Å². The number of halogens is 1. The second-order valence-corrected chi connectivity index (χ2v) is 6.90. The van der Waals surface area contributed by atoms with E-state index < -0.39 is 0 Å². The van der Waals surface area contributed by atoms with Gasteiger partial charge in [-0.2, -0.15) is 0 Å². The van der Waals surface area contributed by atoms with Crippen molar-refractivity contribution in [2.75, 3.05) is 19.5 Å². The van der Waals surface area contributed by atoms with Gasteiger partial charge in [-0.3, -0.25) is 0 Å². The van der Waals surface area contributed by atoms with Crippen LogP contribution in [0.2, 0.25) is 5.02 Å². The van der Waals surface area contributed by atoms with Gasteiger partial charge in [-0.1, -0.05) is 35.9 Å². The SMILES string of the molecule is COc1ccc(-c2nc(NCc3ccc(Cl)cc3)c3ccccc3n2)cc1OC. The second-order valence-electron chi connectivity index (χ2n) is 6.46. The van der Waals surface area contributed by atoms with Crippen molar-refractivity contribution in [3.63, 3.8) is 0 Å². The van der Waals surface area contributed by atoms with Gasteiger partial charge in [0.1, 0.15) is 5.82 Å². The summed E-state index contributed by atoms with van der Waals surface area (Å²) >= 11 is 5.98. The molecule has 0 unspecified atom stereocenters. The van der Waals surface area contributed by atoms with E-state index in [0.717, 1.165) is 32.9 Å². The Hall–Kier alpha value is -3.31. The first-order chi connectivity index (χ1) is 14.2. The molecule has 0 aliphatic carbocycles. The van der Waals surface area contributed by atoms with E-state index in [1.54, 1.807) is 14.2 Å². The Morgan fingerprint density at radius 1 is 0.862 bits per heavy atom. The molecule has 0 spiro atoms.